The number of carbonyl (C=O) groups is 1. The maximum Gasteiger partial charge on any atom is 0.345 e. The van der Waals surface area contributed by atoms with E-state index < -0.39 is 5.97 Å². The molecule has 1 heterocycles. The summed E-state index contributed by atoms with van der Waals surface area (Å²) in [5.41, 5.74) is 4.40. The molecular formula is C20H18N2O3. The molecule has 0 aliphatic rings. The van der Waals surface area contributed by atoms with Gasteiger partial charge < -0.3 is 9.47 Å². The lowest BCUT2D eigenvalue weighted by Crippen LogP contribution is -2.10. The summed E-state index contributed by atoms with van der Waals surface area (Å²) in [7, 11) is 1.54. The van der Waals surface area contributed by atoms with Gasteiger partial charge in [-0.2, -0.15) is 0 Å². The summed E-state index contributed by atoms with van der Waals surface area (Å²) < 4.78 is 10.4. The Kier molecular flexibility index (Phi) is 4.75. The van der Waals surface area contributed by atoms with Crippen LogP contribution in [0.2, 0.25) is 0 Å². The Bertz CT molecular complexity index is 905. The molecule has 0 saturated heterocycles. The van der Waals surface area contributed by atoms with Gasteiger partial charge in [0, 0.05) is 11.6 Å². The summed E-state index contributed by atoms with van der Waals surface area (Å²) in [6.45, 7) is 4.05. The lowest BCUT2D eigenvalue weighted by Gasteiger charge is -2.07. The van der Waals surface area contributed by atoms with Gasteiger partial charge in [-0.25, -0.2) is 4.79 Å². The first kappa shape index (κ1) is 16.6. The Morgan fingerprint density at radius 2 is 1.80 bits per heavy atom. The number of hydrogen-bond donors (Lipinski definition) is 0. The lowest BCUT2D eigenvalue weighted by molar-refractivity contribution is 0.0725. The van der Waals surface area contributed by atoms with Gasteiger partial charge in [0.15, 0.2) is 0 Å². The zero-order valence-electron chi connectivity index (χ0n) is 14.3. The van der Waals surface area contributed by atoms with Crippen molar-refractivity contribution in [3.8, 4) is 22.9 Å². The van der Waals surface area contributed by atoms with Gasteiger partial charge in [0.1, 0.15) is 5.75 Å². The largest absolute Gasteiger partial charge is 0.497 e. The Morgan fingerprint density at radius 3 is 2.52 bits per heavy atom. The zero-order valence-corrected chi connectivity index (χ0v) is 14.3. The third-order valence-corrected chi connectivity index (χ3v) is 3.81. The predicted molar refractivity (Wildman–Crippen MR) is 94.9 cm³/mol. The molecule has 0 saturated carbocycles. The monoisotopic (exact) mass is 334 g/mol. The SMILES string of the molecule is COc1cccc(C(=O)Oc2ccc(-c3cc(C)ccc3C)nn2)c1. The molecule has 0 N–H and O–H groups in total. The van der Waals surface area contributed by atoms with Crippen LogP contribution < -0.4 is 9.47 Å². The number of esters is 1. The molecule has 0 amide bonds. The fourth-order valence-corrected chi connectivity index (χ4v) is 2.43. The van der Waals surface area contributed by atoms with Gasteiger partial charge >= 0.3 is 5.97 Å². The number of ether oxygens (including phenoxy) is 2. The van der Waals surface area contributed by atoms with Crippen LogP contribution in [0.4, 0.5) is 0 Å². The van der Waals surface area contributed by atoms with Crippen LogP contribution in [-0.2, 0) is 0 Å². The van der Waals surface area contributed by atoms with Crippen LogP contribution in [0.25, 0.3) is 11.3 Å². The topological polar surface area (TPSA) is 61.3 Å². The first-order valence-corrected chi connectivity index (χ1v) is 7.84. The number of methoxy groups -OCH3 is 1. The van der Waals surface area contributed by atoms with Gasteiger partial charge in [-0.15, -0.1) is 10.2 Å². The van der Waals surface area contributed by atoms with Crippen molar-refractivity contribution in [2.75, 3.05) is 7.11 Å². The van der Waals surface area contributed by atoms with Crippen molar-refractivity contribution in [3.63, 3.8) is 0 Å². The van der Waals surface area contributed by atoms with E-state index in [1.165, 1.54) is 0 Å². The normalized spacial score (nSPS) is 10.4. The first-order chi connectivity index (χ1) is 12.1. The van der Waals surface area contributed by atoms with Gasteiger partial charge in [-0.3, -0.25) is 0 Å². The minimum absolute atomic E-state index is 0.155. The maximum absolute atomic E-state index is 12.2. The molecule has 5 nitrogen and oxygen atoms in total. The van der Waals surface area contributed by atoms with Gasteiger partial charge in [-0.05, 0) is 49.7 Å². The highest BCUT2D eigenvalue weighted by Gasteiger charge is 2.12. The number of aromatic nitrogens is 2. The van der Waals surface area contributed by atoms with Crippen molar-refractivity contribution in [1.29, 1.82) is 0 Å². The quantitative estimate of drug-likeness (QED) is 0.675. The molecule has 0 radical (unpaired) electrons. The molecule has 5 heteroatoms. The molecule has 3 rings (SSSR count). The second kappa shape index (κ2) is 7.13. The van der Waals surface area contributed by atoms with Crippen LogP contribution in [0.3, 0.4) is 0 Å². The van der Waals surface area contributed by atoms with E-state index in [9.17, 15) is 4.79 Å². The van der Waals surface area contributed by atoms with E-state index in [1.807, 2.05) is 19.9 Å². The fourth-order valence-electron chi connectivity index (χ4n) is 2.43. The van der Waals surface area contributed by atoms with Gasteiger partial charge in [0.2, 0.25) is 5.88 Å². The van der Waals surface area contributed by atoms with Crippen LogP contribution in [0.5, 0.6) is 11.6 Å². The third-order valence-electron chi connectivity index (χ3n) is 3.81. The van der Waals surface area contributed by atoms with E-state index in [0.717, 1.165) is 22.4 Å². The molecule has 0 fully saturated rings. The highest BCUT2D eigenvalue weighted by atomic mass is 16.5. The third kappa shape index (κ3) is 3.83. The molecule has 126 valence electrons. The molecule has 0 aliphatic heterocycles. The highest BCUT2D eigenvalue weighted by Crippen LogP contribution is 2.23. The summed E-state index contributed by atoms with van der Waals surface area (Å²) >= 11 is 0. The first-order valence-electron chi connectivity index (χ1n) is 7.84. The summed E-state index contributed by atoms with van der Waals surface area (Å²) in [6, 6.07) is 16.3. The predicted octanol–water partition coefficient (Wildman–Crippen LogP) is 3.99. The summed E-state index contributed by atoms with van der Waals surface area (Å²) in [4.78, 5) is 12.2. The average molecular weight is 334 g/mol. The Balaban J connectivity index is 1.78. The van der Waals surface area contributed by atoms with Gasteiger partial charge in [0.05, 0.1) is 18.4 Å². The molecule has 0 spiro atoms. The van der Waals surface area contributed by atoms with Crippen molar-refractivity contribution < 1.29 is 14.3 Å². The Labute approximate surface area is 146 Å². The van der Waals surface area contributed by atoms with Crippen LogP contribution in [0, 0.1) is 13.8 Å². The summed E-state index contributed by atoms with van der Waals surface area (Å²) in [5, 5.41) is 8.19. The number of rotatable bonds is 4. The highest BCUT2D eigenvalue weighted by molar-refractivity contribution is 5.91. The number of hydrogen-bond acceptors (Lipinski definition) is 5. The van der Waals surface area contributed by atoms with E-state index in [4.69, 9.17) is 9.47 Å². The second-order valence-corrected chi connectivity index (χ2v) is 5.70. The van der Waals surface area contributed by atoms with Crippen LogP contribution in [-0.4, -0.2) is 23.3 Å². The lowest BCUT2D eigenvalue weighted by atomic mass is 10.0. The minimum atomic E-state index is -0.507. The average Bonchev–Trinajstić information content (AvgIpc) is 2.64. The number of nitrogens with zero attached hydrogens (tertiary/aromatic N) is 2. The molecular weight excluding hydrogens is 316 g/mol. The molecule has 0 atom stereocenters. The Hall–Kier alpha value is -3.21. The zero-order chi connectivity index (χ0) is 17.8. The van der Waals surface area contributed by atoms with E-state index in [-0.39, 0.29) is 5.88 Å². The van der Waals surface area contributed by atoms with Crippen molar-refractivity contribution >= 4 is 5.97 Å². The second-order valence-electron chi connectivity index (χ2n) is 5.70. The van der Waals surface area contributed by atoms with Gasteiger partial charge in [0.25, 0.3) is 0 Å². The molecule has 0 unspecified atom stereocenters. The molecule has 2 aromatic carbocycles. The number of benzene rings is 2. The molecule has 3 aromatic rings. The smallest absolute Gasteiger partial charge is 0.345 e. The molecule has 0 bridgehead atoms. The standard InChI is InChI=1S/C20H18N2O3/c1-13-7-8-14(2)17(11-13)18-9-10-19(22-21-18)25-20(23)15-5-4-6-16(12-15)24-3/h4-12H,1-3H3. The van der Waals surface area contributed by atoms with Crippen LogP contribution >= 0.6 is 0 Å². The van der Waals surface area contributed by atoms with Gasteiger partial charge in [-0.1, -0.05) is 23.8 Å². The van der Waals surface area contributed by atoms with Crippen LogP contribution in [0.1, 0.15) is 21.5 Å². The van der Waals surface area contributed by atoms with Crippen molar-refractivity contribution in [2.45, 2.75) is 13.8 Å². The van der Waals surface area contributed by atoms with Crippen LogP contribution in [0.15, 0.2) is 54.6 Å². The van der Waals surface area contributed by atoms with Crippen molar-refractivity contribution in [1.82, 2.24) is 10.2 Å². The summed E-state index contributed by atoms with van der Waals surface area (Å²) in [5.74, 6) is 0.236. The molecule has 25 heavy (non-hydrogen) atoms. The molecule has 1 aromatic heterocycles. The fraction of sp³-hybridized carbons (Fsp3) is 0.150. The number of aryl methyl sites for hydroxylation is 2. The summed E-state index contributed by atoms with van der Waals surface area (Å²) in [6.07, 6.45) is 0. The minimum Gasteiger partial charge on any atom is -0.497 e. The van der Waals surface area contributed by atoms with E-state index in [2.05, 4.69) is 22.3 Å². The van der Waals surface area contributed by atoms with E-state index in [0.29, 0.717) is 11.3 Å². The van der Waals surface area contributed by atoms with E-state index >= 15 is 0 Å². The van der Waals surface area contributed by atoms with Crippen molar-refractivity contribution in [2.24, 2.45) is 0 Å². The van der Waals surface area contributed by atoms with Crippen molar-refractivity contribution in [3.05, 3.63) is 71.3 Å². The Morgan fingerprint density at radius 1 is 0.960 bits per heavy atom. The molecule has 0 aliphatic carbocycles. The number of carbonyl (C=O) groups excluding carboxylic acids is 1. The van der Waals surface area contributed by atoms with E-state index in [1.54, 1.807) is 43.5 Å². The maximum atomic E-state index is 12.2.